The van der Waals surface area contributed by atoms with E-state index < -0.39 is 0 Å². The van der Waals surface area contributed by atoms with Crippen LogP contribution >= 0.6 is 0 Å². The van der Waals surface area contributed by atoms with Crippen molar-refractivity contribution in [3.8, 4) is 5.75 Å². The molecule has 1 aromatic heterocycles. The summed E-state index contributed by atoms with van der Waals surface area (Å²) in [6.45, 7) is 1.10. The third kappa shape index (κ3) is 2.03. The van der Waals surface area contributed by atoms with Gasteiger partial charge in [-0.1, -0.05) is 30.3 Å². The van der Waals surface area contributed by atoms with E-state index in [2.05, 4.69) is 48.3 Å². The van der Waals surface area contributed by atoms with E-state index in [4.69, 9.17) is 4.98 Å². The molecule has 0 radical (unpaired) electrons. The molecule has 1 N–H and O–H groups in total. The maximum absolute atomic E-state index is 10.9. The van der Waals surface area contributed by atoms with Gasteiger partial charge in [-0.25, -0.2) is 0 Å². The third-order valence-electron chi connectivity index (χ3n) is 7.52. The van der Waals surface area contributed by atoms with Gasteiger partial charge in [0, 0.05) is 34.5 Å². The number of hydrogen-bond acceptors (Lipinski definition) is 3. The van der Waals surface area contributed by atoms with Crippen LogP contribution in [0.5, 0.6) is 5.75 Å². The molecular formula is C24H24N2O. The lowest BCUT2D eigenvalue weighted by Crippen LogP contribution is -2.61. The van der Waals surface area contributed by atoms with Gasteiger partial charge in [0.2, 0.25) is 0 Å². The van der Waals surface area contributed by atoms with Crippen molar-refractivity contribution in [1.82, 2.24) is 9.88 Å². The Kier molecular flexibility index (Phi) is 3.09. The first-order valence-electron chi connectivity index (χ1n) is 10.0. The van der Waals surface area contributed by atoms with Crippen molar-refractivity contribution in [3.63, 3.8) is 0 Å². The van der Waals surface area contributed by atoms with Gasteiger partial charge in [-0.3, -0.25) is 4.98 Å². The Balaban J connectivity index is 1.60. The Labute approximate surface area is 159 Å². The summed E-state index contributed by atoms with van der Waals surface area (Å²) in [4.78, 5) is 7.63. The monoisotopic (exact) mass is 356 g/mol. The molecule has 2 bridgehead atoms. The SMILES string of the molecule is CN1CC[C@]23Cc4nc5ccccc5cc4C[C@H]2[C@@H]1Cc1cccc(O)c13. The Bertz CT molecular complexity index is 1080. The molecule has 1 saturated heterocycles. The number of phenolic OH excluding ortho intramolecular Hbond substituents is 1. The highest BCUT2D eigenvalue weighted by molar-refractivity contribution is 5.79. The van der Waals surface area contributed by atoms with Crippen LogP contribution in [-0.4, -0.2) is 34.6 Å². The lowest BCUT2D eigenvalue weighted by molar-refractivity contribution is 0.0222. The normalized spacial score (nSPS) is 29.1. The molecule has 1 aliphatic heterocycles. The number of rotatable bonds is 0. The first-order chi connectivity index (χ1) is 13.2. The van der Waals surface area contributed by atoms with E-state index in [9.17, 15) is 5.11 Å². The van der Waals surface area contributed by atoms with Gasteiger partial charge in [0.1, 0.15) is 5.75 Å². The first kappa shape index (κ1) is 15.6. The van der Waals surface area contributed by atoms with E-state index in [-0.39, 0.29) is 5.41 Å². The predicted octanol–water partition coefficient (Wildman–Crippen LogP) is 3.85. The molecule has 6 rings (SSSR count). The first-order valence-corrected chi connectivity index (χ1v) is 10.0. The lowest BCUT2D eigenvalue weighted by atomic mass is 9.52. The van der Waals surface area contributed by atoms with Crippen LogP contribution in [0.2, 0.25) is 0 Å². The average Bonchev–Trinajstić information content (AvgIpc) is 2.67. The van der Waals surface area contributed by atoms with Crippen molar-refractivity contribution in [3.05, 3.63) is 70.9 Å². The maximum atomic E-state index is 10.9. The number of likely N-dealkylation sites (tertiary alicyclic amines) is 1. The van der Waals surface area contributed by atoms with Crippen molar-refractivity contribution >= 4 is 10.9 Å². The molecule has 27 heavy (non-hydrogen) atoms. The molecule has 0 saturated carbocycles. The summed E-state index contributed by atoms with van der Waals surface area (Å²) in [5.74, 6) is 1.04. The largest absolute Gasteiger partial charge is 0.508 e. The van der Waals surface area contributed by atoms with Crippen molar-refractivity contribution in [2.45, 2.75) is 37.1 Å². The smallest absolute Gasteiger partial charge is 0.119 e. The van der Waals surface area contributed by atoms with E-state index in [0.717, 1.165) is 37.7 Å². The van der Waals surface area contributed by atoms with Crippen LogP contribution in [-0.2, 0) is 24.7 Å². The van der Waals surface area contributed by atoms with Crippen LogP contribution in [0.15, 0.2) is 48.5 Å². The minimum Gasteiger partial charge on any atom is -0.508 e. The standard InChI is InChI=1S/C24H24N2O/c1-26-10-9-24-14-20-17(11-15-5-2-3-7-19(15)25-20)12-18(24)21(26)13-16-6-4-8-22(27)23(16)24/h2-8,11,18,21,27H,9-10,12-14H2,1H3/t18-,21-,24-/m0/s1. The summed E-state index contributed by atoms with van der Waals surface area (Å²) in [7, 11) is 2.27. The Morgan fingerprint density at radius 3 is 2.89 bits per heavy atom. The van der Waals surface area contributed by atoms with E-state index in [1.807, 2.05) is 12.1 Å². The van der Waals surface area contributed by atoms with Gasteiger partial charge in [-0.2, -0.15) is 0 Å². The van der Waals surface area contributed by atoms with Crippen molar-refractivity contribution in [2.24, 2.45) is 5.92 Å². The maximum Gasteiger partial charge on any atom is 0.119 e. The van der Waals surface area contributed by atoms with Gasteiger partial charge in [0.05, 0.1) is 5.52 Å². The molecule has 3 heteroatoms. The fourth-order valence-electron chi connectivity index (χ4n) is 6.27. The minimum absolute atomic E-state index is 0.0263. The van der Waals surface area contributed by atoms with Crippen LogP contribution in [0.3, 0.4) is 0 Å². The van der Waals surface area contributed by atoms with E-state index in [1.165, 1.54) is 27.8 Å². The third-order valence-corrected chi connectivity index (χ3v) is 7.52. The highest BCUT2D eigenvalue weighted by Gasteiger charge is 2.55. The van der Waals surface area contributed by atoms with Gasteiger partial charge in [0.15, 0.2) is 0 Å². The van der Waals surface area contributed by atoms with Crippen LogP contribution < -0.4 is 0 Å². The zero-order valence-electron chi connectivity index (χ0n) is 15.7. The predicted molar refractivity (Wildman–Crippen MR) is 107 cm³/mol. The quantitative estimate of drug-likeness (QED) is 0.665. The number of piperidine rings is 1. The van der Waals surface area contributed by atoms with Crippen LogP contribution in [0.1, 0.15) is 28.8 Å². The summed E-state index contributed by atoms with van der Waals surface area (Å²) in [5.41, 5.74) is 6.33. The number of pyridine rings is 1. The molecule has 3 atom stereocenters. The number of benzene rings is 2. The second-order valence-electron chi connectivity index (χ2n) is 8.74. The number of aromatic hydroxyl groups is 1. The number of nitrogens with zero attached hydrogens (tertiary/aromatic N) is 2. The van der Waals surface area contributed by atoms with E-state index >= 15 is 0 Å². The highest BCUT2D eigenvalue weighted by Crippen LogP contribution is 2.56. The molecule has 3 aromatic rings. The molecule has 0 unspecified atom stereocenters. The molecule has 2 heterocycles. The molecule has 1 fully saturated rings. The average molecular weight is 356 g/mol. The Hall–Kier alpha value is -2.39. The number of aromatic nitrogens is 1. The van der Waals surface area contributed by atoms with Gasteiger partial charge < -0.3 is 10.0 Å². The zero-order valence-corrected chi connectivity index (χ0v) is 15.7. The minimum atomic E-state index is 0.0263. The van der Waals surface area contributed by atoms with Crippen molar-refractivity contribution < 1.29 is 5.11 Å². The van der Waals surface area contributed by atoms with Gasteiger partial charge >= 0.3 is 0 Å². The van der Waals surface area contributed by atoms with Crippen LogP contribution in [0, 0.1) is 5.92 Å². The van der Waals surface area contributed by atoms with E-state index in [1.54, 1.807) is 0 Å². The van der Waals surface area contributed by atoms with Crippen molar-refractivity contribution in [2.75, 3.05) is 13.6 Å². The Morgan fingerprint density at radius 1 is 1.07 bits per heavy atom. The summed E-state index contributed by atoms with van der Waals surface area (Å²) >= 11 is 0. The molecule has 136 valence electrons. The van der Waals surface area contributed by atoms with Gasteiger partial charge in [0.25, 0.3) is 0 Å². The molecule has 0 amide bonds. The van der Waals surface area contributed by atoms with Crippen molar-refractivity contribution in [1.29, 1.82) is 0 Å². The lowest BCUT2D eigenvalue weighted by Gasteiger charge is -2.58. The summed E-state index contributed by atoms with van der Waals surface area (Å²) < 4.78 is 0. The van der Waals surface area contributed by atoms with Crippen LogP contribution in [0.25, 0.3) is 10.9 Å². The van der Waals surface area contributed by atoms with Gasteiger partial charge in [-0.15, -0.1) is 0 Å². The molecule has 0 spiro atoms. The number of hydrogen-bond donors (Lipinski definition) is 1. The number of phenols is 1. The summed E-state index contributed by atoms with van der Waals surface area (Å²) in [6, 6.07) is 17.5. The topological polar surface area (TPSA) is 36.4 Å². The number of likely N-dealkylation sites (N-methyl/N-ethyl adjacent to an activating group) is 1. The second-order valence-corrected chi connectivity index (χ2v) is 8.74. The number of para-hydroxylation sites is 1. The summed E-state index contributed by atoms with van der Waals surface area (Å²) in [6.07, 6.45) is 4.16. The second kappa shape index (κ2) is 5.32. The fourth-order valence-corrected chi connectivity index (χ4v) is 6.27. The molecule has 2 aromatic carbocycles. The fraction of sp³-hybridized carbons (Fsp3) is 0.375. The van der Waals surface area contributed by atoms with Crippen LogP contribution in [0.4, 0.5) is 0 Å². The zero-order chi connectivity index (χ0) is 18.2. The Morgan fingerprint density at radius 2 is 1.96 bits per heavy atom. The molecule has 3 aliphatic rings. The summed E-state index contributed by atoms with van der Waals surface area (Å²) in [5, 5.41) is 12.1. The molecule has 3 nitrogen and oxygen atoms in total. The van der Waals surface area contributed by atoms with Gasteiger partial charge in [-0.05, 0) is 68.1 Å². The molecule has 2 aliphatic carbocycles. The van der Waals surface area contributed by atoms with E-state index in [0.29, 0.717) is 17.7 Å². The molecular weight excluding hydrogens is 332 g/mol. The highest BCUT2D eigenvalue weighted by atomic mass is 16.3. The number of fused-ring (bicyclic) bond motifs is 3.